The molecule has 2 aromatic carbocycles. The lowest BCUT2D eigenvalue weighted by atomic mass is 9.91. The molecule has 0 fully saturated rings. The van der Waals surface area contributed by atoms with Crippen molar-refractivity contribution in [1.82, 2.24) is 9.97 Å². The second-order valence-corrected chi connectivity index (χ2v) is 12.6. The summed E-state index contributed by atoms with van der Waals surface area (Å²) in [5, 5.41) is 2.98. The molecular weight excluding hydrogens is 603 g/mol. The van der Waals surface area contributed by atoms with Crippen molar-refractivity contribution in [3.05, 3.63) is 83.2 Å². The average molecular weight is 618 g/mol. The van der Waals surface area contributed by atoms with Gasteiger partial charge in [0.05, 0.1) is 42.6 Å². The summed E-state index contributed by atoms with van der Waals surface area (Å²) in [7, 11) is 0. The van der Waals surface area contributed by atoms with Crippen LogP contribution in [-0.2, 0) is 0 Å². The molecule has 158 valence electrons. The molecule has 4 heterocycles. The average Bonchev–Trinajstić information content (AvgIpc) is 2.76. The fourth-order valence-electron chi connectivity index (χ4n) is 4.22. The van der Waals surface area contributed by atoms with Gasteiger partial charge in [0.25, 0.3) is 0 Å². The monoisotopic (exact) mass is 614 g/mol. The zero-order valence-corrected chi connectivity index (χ0v) is 22.1. The molecule has 4 atom stereocenters. The summed E-state index contributed by atoms with van der Waals surface area (Å²) in [6.45, 7) is 0. The molecule has 0 unspecified atom stereocenters. The Morgan fingerprint density at radius 2 is 1.10 bits per heavy atom. The number of halogens is 5. The van der Waals surface area contributed by atoms with E-state index >= 15 is 0 Å². The van der Waals surface area contributed by atoms with E-state index in [2.05, 4.69) is 92.5 Å². The minimum atomic E-state index is -0.750. The van der Waals surface area contributed by atoms with E-state index in [4.69, 9.17) is 44.8 Å². The van der Waals surface area contributed by atoms with Gasteiger partial charge in [0, 0.05) is 10.8 Å². The third kappa shape index (κ3) is 4.11. The van der Waals surface area contributed by atoms with Crippen molar-refractivity contribution in [2.45, 2.75) is 24.4 Å². The number of para-hydroxylation sites is 2. The van der Waals surface area contributed by atoms with Crippen LogP contribution in [0.3, 0.4) is 0 Å². The van der Waals surface area contributed by atoms with Crippen molar-refractivity contribution >= 4 is 100 Å². The SMILES string of the molecule is Br[C@@H]1c2cc3ccccc3nc2[C@@H]2S[C@H]1c1nc3ccccc3cc1[C@H]2Br.ClC(Cl)Cl. The molecule has 0 saturated heterocycles. The second kappa shape index (κ2) is 9.00. The number of pyridine rings is 2. The molecule has 0 N–H and O–H groups in total. The van der Waals surface area contributed by atoms with Gasteiger partial charge in [0.15, 0.2) is 4.30 Å². The fourth-order valence-corrected chi connectivity index (χ4v) is 7.72. The smallest absolute Gasteiger partial charge is 0.180 e. The molecule has 2 bridgehead atoms. The summed E-state index contributed by atoms with van der Waals surface area (Å²) >= 11 is 24.4. The van der Waals surface area contributed by atoms with Crippen molar-refractivity contribution in [2.24, 2.45) is 0 Å². The van der Waals surface area contributed by atoms with E-state index < -0.39 is 4.30 Å². The highest BCUT2D eigenvalue weighted by Gasteiger charge is 2.46. The molecular formula is C23H15Br2Cl3N2S. The number of aromatic nitrogens is 2. The minimum absolute atomic E-state index is 0.207. The van der Waals surface area contributed by atoms with Gasteiger partial charge >= 0.3 is 0 Å². The number of benzene rings is 2. The van der Waals surface area contributed by atoms with Gasteiger partial charge in [-0.25, -0.2) is 0 Å². The van der Waals surface area contributed by atoms with E-state index in [0.29, 0.717) is 10.5 Å². The summed E-state index contributed by atoms with van der Waals surface area (Å²) in [5.41, 5.74) is 7.12. The van der Waals surface area contributed by atoms with Crippen LogP contribution in [0.5, 0.6) is 0 Å². The van der Waals surface area contributed by atoms with Gasteiger partial charge in [-0.05, 0) is 35.4 Å². The quantitative estimate of drug-likeness (QED) is 0.184. The lowest BCUT2D eigenvalue weighted by Gasteiger charge is -2.41. The van der Waals surface area contributed by atoms with Crippen LogP contribution in [0.4, 0.5) is 0 Å². The highest BCUT2D eigenvalue weighted by atomic mass is 79.9. The Balaban J connectivity index is 0.000000473. The fraction of sp³-hybridized carbons (Fsp3) is 0.217. The first-order valence-corrected chi connectivity index (χ1v) is 13.7. The van der Waals surface area contributed by atoms with Crippen molar-refractivity contribution < 1.29 is 0 Å². The van der Waals surface area contributed by atoms with Crippen LogP contribution in [-0.4, -0.2) is 14.3 Å². The van der Waals surface area contributed by atoms with Gasteiger partial charge in [-0.15, -0.1) is 11.8 Å². The Morgan fingerprint density at radius 1 is 0.710 bits per heavy atom. The maximum atomic E-state index is 5.07. The topological polar surface area (TPSA) is 25.8 Å². The molecule has 2 aliphatic rings. The van der Waals surface area contributed by atoms with E-state index in [9.17, 15) is 0 Å². The van der Waals surface area contributed by atoms with Crippen LogP contribution < -0.4 is 0 Å². The number of nitrogens with zero attached hydrogens (tertiary/aromatic N) is 2. The predicted octanol–water partition coefficient (Wildman–Crippen LogP) is 9.18. The molecule has 0 spiro atoms. The summed E-state index contributed by atoms with van der Waals surface area (Å²) in [4.78, 5) is 10.6. The zero-order chi connectivity index (χ0) is 21.7. The van der Waals surface area contributed by atoms with Gasteiger partial charge in [0.1, 0.15) is 0 Å². The Kier molecular flexibility index (Phi) is 6.46. The summed E-state index contributed by atoms with van der Waals surface area (Å²) in [6.07, 6.45) is 0. The van der Waals surface area contributed by atoms with E-state index in [-0.39, 0.29) is 9.65 Å². The van der Waals surface area contributed by atoms with E-state index in [0.717, 1.165) is 11.0 Å². The molecule has 2 aliphatic heterocycles. The van der Waals surface area contributed by atoms with Crippen LogP contribution in [0.2, 0.25) is 0 Å². The van der Waals surface area contributed by atoms with Gasteiger partial charge < -0.3 is 0 Å². The molecule has 0 radical (unpaired) electrons. The third-order valence-corrected chi connectivity index (χ3v) is 9.85. The lowest BCUT2D eigenvalue weighted by Crippen LogP contribution is -2.25. The largest absolute Gasteiger partial charge is 0.251 e. The Hall–Kier alpha value is -0.560. The van der Waals surface area contributed by atoms with E-state index in [1.165, 1.54) is 33.3 Å². The van der Waals surface area contributed by atoms with Gasteiger partial charge in [-0.3, -0.25) is 9.97 Å². The van der Waals surface area contributed by atoms with E-state index in [1.807, 2.05) is 11.8 Å². The molecule has 31 heavy (non-hydrogen) atoms. The first-order valence-electron chi connectivity index (χ1n) is 9.59. The standard InChI is InChI=1S/C22H14Br2N2S.CHCl3/c23-17-13-9-11-5-1-3-7-15(11)25-19(13)22-18(24)14-10-12-6-2-4-8-16(12)26-20(14)21(17)27-22;2-1(3)4/h1-10,17-18,21-22H;1H/t17-,18-,21-,22-;/m1./s1. The second-order valence-electron chi connectivity index (χ2n) is 7.34. The van der Waals surface area contributed by atoms with Crippen LogP contribution in [0, 0.1) is 0 Å². The number of rotatable bonds is 0. The maximum Gasteiger partial charge on any atom is 0.180 e. The Bertz CT molecular complexity index is 1190. The van der Waals surface area contributed by atoms with Gasteiger partial charge in [0.2, 0.25) is 0 Å². The van der Waals surface area contributed by atoms with E-state index in [1.54, 1.807) is 0 Å². The number of hydrogen-bond acceptors (Lipinski definition) is 3. The van der Waals surface area contributed by atoms with Crippen molar-refractivity contribution in [2.75, 3.05) is 0 Å². The molecule has 0 amide bonds. The predicted molar refractivity (Wildman–Crippen MR) is 141 cm³/mol. The summed E-state index contributed by atoms with van der Waals surface area (Å²) in [5.74, 6) is 0. The van der Waals surface area contributed by atoms with Crippen LogP contribution in [0.25, 0.3) is 21.8 Å². The molecule has 8 heteroatoms. The Morgan fingerprint density at radius 3 is 1.52 bits per heavy atom. The summed E-state index contributed by atoms with van der Waals surface area (Å²) < 4.78 is -0.750. The van der Waals surface area contributed by atoms with Crippen LogP contribution in [0.1, 0.15) is 42.7 Å². The molecule has 4 aromatic rings. The molecule has 0 saturated carbocycles. The van der Waals surface area contributed by atoms with Crippen LogP contribution >= 0.6 is 78.4 Å². The Labute approximate surface area is 216 Å². The van der Waals surface area contributed by atoms with Gasteiger partial charge in [-0.1, -0.05) is 103 Å². The van der Waals surface area contributed by atoms with Crippen molar-refractivity contribution in [1.29, 1.82) is 0 Å². The highest BCUT2D eigenvalue weighted by Crippen LogP contribution is 2.65. The van der Waals surface area contributed by atoms with Crippen LogP contribution in [0.15, 0.2) is 60.7 Å². The third-order valence-electron chi connectivity index (χ3n) is 5.53. The number of thioether (sulfide) groups is 1. The normalized spacial score (nSPS) is 23.8. The lowest BCUT2D eigenvalue weighted by molar-refractivity contribution is 0.726. The first-order chi connectivity index (χ1) is 14.9. The number of alkyl halides is 5. The zero-order valence-electron chi connectivity index (χ0n) is 15.9. The molecule has 2 aromatic heterocycles. The molecule has 2 nitrogen and oxygen atoms in total. The van der Waals surface area contributed by atoms with Gasteiger partial charge in [-0.2, -0.15) is 0 Å². The summed E-state index contributed by atoms with van der Waals surface area (Å²) in [6, 6.07) is 21.4. The number of fused-ring (bicyclic) bond motifs is 8. The minimum Gasteiger partial charge on any atom is -0.251 e. The number of hydrogen-bond donors (Lipinski definition) is 0. The van der Waals surface area contributed by atoms with Crippen molar-refractivity contribution in [3.8, 4) is 0 Å². The molecule has 0 aliphatic carbocycles. The van der Waals surface area contributed by atoms with Crippen molar-refractivity contribution in [3.63, 3.8) is 0 Å². The molecule has 6 rings (SSSR count). The maximum absolute atomic E-state index is 5.07. The first kappa shape index (κ1) is 22.2. The highest BCUT2D eigenvalue weighted by molar-refractivity contribution is 9.09.